The van der Waals surface area contributed by atoms with Crippen LogP contribution >= 0.6 is 0 Å². The van der Waals surface area contributed by atoms with Gasteiger partial charge in [-0.2, -0.15) is 4.31 Å². The van der Waals surface area contributed by atoms with Gasteiger partial charge < -0.3 is 14.5 Å². The molecule has 1 fully saturated rings. The number of hydrogen-bond acceptors (Lipinski definition) is 5. The van der Waals surface area contributed by atoms with E-state index in [0.717, 1.165) is 22.0 Å². The Labute approximate surface area is 172 Å². The second-order valence-corrected chi connectivity index (χ2v) is 9.14. The molecule has 1 heterocycles. The highest BCUT2D eigenvalue weighted by Gasteiger charge is 2.35. The Morgan fingerprint density at radius 3 is 2.10 bits per heavy atom. The van der Waals surface area contributed by atoms with Gasteiger partial charge in [0.1, 0.15) is 11.8 Å². The minimum atomic E-state index is -3.53. The normalized spacial score (nSPS) is 16.0. The first-order chi connectivity index (χ1) is 13.8. The summed E-state index contributed by atoms with van der Waals surface area (Å²) in [6, 6.07) is 16.0. The van der Waals surface area contributed by atoms with Gasteiger partial charge in [0.25, 0.3) is 0 Å². The van der Waals surface area contributed by atoms with E-state index in [-0.39, 0.29) is 5.91 Å². The Balaban J connectivity index is 1.74. The lowest BCUT2D eigenvalue weighted by molar-refractivity contribution is -0.135. The zero-order chi connectivity index (χ0) is 21.0. The van der Waals surface area contributed by atoms with Crippen molar-refractivity contribution < 1.29 is 17.9 Å². The number of carbonyl (C=O) groups is 1. The Bertz CT molecular complexity index is 924. The van der Waals surface area contributed by atoms with Crippen LogP contribution in [0.3, 0.4) is 0 Å². The lowest BCUT2D eigenvalue weighted by Gasteiger charge is -2.38. The molecule has 8 heteroatoms. The molecule has 2 aromatic rings. The zero-order valence-corrected chi connectivity index (χ0v) is 17.8. The maximum Gasteiger partial charge on any atom is 0.245 e. The predicted molar refractivity (Wildman–Crippen MR) is 114 cm³/mol. The number of hydrogen-bond donors (Lipinski definition) is 0. The van der Waals surface area contributed by atoms with Crippen LogP contribution in [0.25, 0.3) is 0 Å². The van der Waals surface area contributed by atoms with Gasteiger partial charge in [0.05, 0.1) is 13.4 Å². The van der Waals surface area contributed by atoms with E-state index < -0.39 is 16.1 Å². The molecule has 0 bridgehead atoms. The molecule has 29 heavy (non-hydrogen) atoms. The van der Waals surface area contributed by atoms with E-state index in [4.69, 9.17) is 4.74 Å². The number of piperazine rings is 1. The Morgan fingerprint density at radius 1 is 1.00 bits per heavy atom. The van der Waals surface area contributed by atoms with E-state index in [0.29, 0.717) is 31.7 Å². The molecule has 0 aromatic heterocycles. The molecule has 0 saturated carbocycles. The summed E-state index contributed by atoms with van der Waals surface area (Å²) in [5.41, 5.74) is 1.74. The SMILES string of the molecule is COc1ccc(N2CCN(C(=O)[C@H](c3ccccc3)N(C)S(C)(=O)=O)CC2)cc1. The van der Waals surface area contributed by atoms with Crippen LogP contribution in [0.2, 0.25) is 0 Å². The molecule has 1 saturated heterocycles. The number of amides is 1. The fourth-order valence-corrected chi connectivity index (χ4v) is 4.08. The van der Waals surface area contributed by atoms with Crippen molar-refractivity contribution in [1.82, 2.24) is 9.21 Å². The van der Waals surface area contributed by atoms with Gasteiger partial charge >= 0.3 is 0 Å². The number of carbonyl (C=O) groups excluding carboxylic acids is 1. The lowest BCUT2D eigenvalue weighted by Crippen LogP contribution is -2.52. The molecule has 0 aliphatic carbocycles. The fraction of sp³-hybridized carbons (Fsp3) is 0.381. The van der Waals surface area contributed by atoms with Crippen molar-refractivity contribution in [2.24, 2.45) is 0 Å². The molecule has 1 atom stereocenters. The van der Waals surface area contributed by atoms with Crippen LogP contribution in [0.4, 0.5) is 5.69 Å². The number of sulfonamides is 1. The third kappa shape index (κ3) is 4.89. The van der Waals surface area contributed by atoms with Crippen molar-refractivity contribution >= 4 is 21.6 Å². The maximum atomic E-state index is 13.3. The van der Waals surface area contributed by atoms with E-state index in [1.807, 2.05) is 42.5 Å². The summed E-state index contributed by atoms with van der Waals surface area (Å²) in [6.45, 7) is 2.43. The minimum absolute atomic E-state index is 0.196. The molecule has 1 aliphatic heterocycles. The lowest BCUT2D eigenvalue weighted by atomic mass is 10.1. The molecule has 3 rings (SSSR count). The largest absolute Gasteiger partial charge is 0.497 e. The summed E-state index contributed by atoms with van der Waals surface area (Å²) in [5.74, 6) is 0.607. The number of rotatable bonds is 6. The topological polar surface area (TPSA) is 70.2 Å². The summed E-state index contributed by atoms with van der Waals surface area (Å²) >= 11 is 0. The summed E-state index contributed by atoms with van der Waals surface area (Å²) in [5, 5.41) is 0. The van der Waals surface area contributed by atoms with E-state index in [9.17, 15) is 13.2 Å². The first-order valence-electron chi connectivity index (χ1n) is 9.47. The van der Waals surface area contributed by atoms with Crippen molar-refractivity contribution in [2.75, 3.05) is 51.5 Å². The van der Waals surface area contributed by atoms with E-state index in [1.165, 1.54) is 7.05 Å². The summed E-state index contributed by atoms with van der Waals surface area (Å²) in [7, 11) is -0.439. The Kier molecular flexibility index (Phi) is 6.44. The van der Waals surface area contributed by atoms with Crippen LogP contribution in [0.5, 0.6) is 5.75 Å². The molecule has 1 amide bonds. The standard InChI is InChI=1S/C21H27N3O4S/c1-22(29(3,26)27)20(17-7-5-4-6-8-17)21(25)24-15-13-23(14-16-24)18-9-11-19(28-2)12-10-18/h4-12,20H,13-16H2,1-3H3/t20-/m0/s1. The maximum absolute atomic E-state index is 13.3. The quantitative estimate of drug-likeness (QED) is 0.719. The van der Waals surface area contributed by atoms with Gasteiger partial charge in [0.15, 0.2) is 0 Å². The van der Waals surface area contributed by atoms with Crippen molar-refractivity contribution in [3.05, 3.63) is 60.2 Å². The van der Waals surface area contributed by atoms with Crippen LogP contribution in [0, 0.1) is 0 Å². The van der Waals surface area contributed by atoms with Crippen molar-refractivity contribution in [3.8, 4) is 5.75 Å². The van der Waals surface area contributed by atoms with E-state index in [2.05, 4.69) is 4.90 Å². The van der Waals surface area contributed by atoms with Crippen molar-refractivity contribution in [1.29, 1.82) is 0 Å². The molecule has 0 radical (unpaired) electrons. The highest BCUT2D eigenvalue weighted by Crippen LogP contribution is 2.26. The number of anilines is 1. The third-order valence-corrected chi connectivity index (χ3v) is 6.52. The van der Waals surface area contributed by atoms with Crippen LogP contribution < -0.4 is 9.64 Å². The van der Waals surface area contributed by atoms with Gasteiger partial charge in [0.2, 0.25) is 15.9 Å². The summed E-state index contributed by atoms with van der Waals surface area (Å²) in [4.78, 5) is 17.3. The summed E-state index contributed by atoms with van der Waals surface area (Å²) < 4.78 is 30.7. The number of benzene rings is 2. The first kappa shape index (κ1) is 21.1. The molecular weight excluding hydrogens is 390 g/mol. The van der Waals surface area contributed by atoms with E-state index in [1.54, 1.807) is 24.1 Å². The van der Waals surface area contributed by atoms with Gasteiger partial charge in [-0.25, -0.2) is 8.42 Å². The zero-order valence-electron chi connectivity index (χ0n) is 17.0. The van der Waals surface area contributed by atoms with Gasteiger partial charge in [0, 0.05) is 38.9 Å². The van der Waals surface area contributed by atoms with Crippen molar-refractivity contribution in [3.63, 3.8) is 0 Å². The minimum Gasteiger partial charge on any atom is -0.497 e. The summed E-state index contributed by atoms with van der Waals surface area (Å²) in [6.07, 6.45) is 1.12. The average molecular weight is 418 g/mol. The van der Waals surface area contributed by atoms with Gasteiger partial charge in [-0.1, -0.05) is 30.3 Å². The smallest absolute Gasteiger partial charge is 0.245 e. The number of methoxy groups -OCH3 is 1. The molecule has 1 aliphatic rings. The highest BCUT2D eigenvalue weighted by atomic mass is 32.2. The molecular formula is C21H27N3O4S. The first-order valence-corrected chi connectivity index (χ1v) is 11.3. The second-order valence-electron chi connectivity index (χ2n) is 7.10. The Hall–Kier alpha value is -2.58. The van der Waals surface area contributed by atoms with Crippen molar-refractivity contribution in [2.45, 2.75) is 6.04 Å². The van der Waals surface area contributed by atoms with Gasteiger partial charge in [-0.3, -0.25) is 4.79 Å². The molecule has 2 aromatic carbocycles. The third-order valence-electron chi connectivity index (χ3n) is 5.26. The number of likely N-dealkylation sites (N-methyl/N-ethyl adjacent to an activating group) is 1. The molecule has 7 nitrogen and oxygen atoms in total. The molecule has 0 spiro atoms. The number of ether oxygens (including phenoxy) is 1. The molecule has 0 N–H and O–H groups in total. The molecule has 0 unspecified atom stereocenters. The van der Waals surface area contributed by atoms with Crippen LogP contribution in [0.1, 0.15) is 11.6 Å². The van der Waals surface area contributed by atoms with Gasteiger partial charge in [-0.05, 0) is 29.8 Å². The van der Waals surface area contributed by atoms with Crippen LogP contribution in [0.15, 0.2) is 54.6 Å². The highest BCUT2D eigenvalue weighted by molar-refractivity contribution is 7.88. The predicted octanol–water partition coefficient (Wildman–Crippen LogP) is 1.98. The Morgan fingerprint density at radius 2 is 1.59 bits per heavy atom. The van der Waals surface area contributed by atoms with Crippen LogP contribution in [-0.2, 0) is 14.8 Å². The average Bonchev–Trinajstić information content (AvgIpc) is 2.74. The van der Waals surface area contributed by atoms with Gasteiger partial charge in [-0.15, -0.1) is 0 Å². The van der Waals surface area contributed by atoms with Crippen LogP contribution in [-0.4, -0.2) is 70.1 Å². The fourth-order valence-electron chi connectivity index (χ4n) is 3.49. The second kappa shape index (κ2) is 8.84. The monoisotopic (exact) mass is 417 g/mol. The van der Waals surface area contributed by atoms with E-state index >= 15 is 0 Å². The molecule has 156 valence electrons. The number of nitrogens with zero attached hydrogens (tertiary/aromatic N) is 3.